The van der Waals surface area contributed by atoms with Gasteiger partial charge in [-0.05, 0) is 67.6 Å². The van der Waals surface area contributed by atoms with Crippen molar-refractivity contribution in [3.63, 3.8) is 0 Å². The Hall–Kier alpha value is -2.44. The fourth-order valence-corrected chi connectivity index (χ4v) is 4.73. The second kappa shape index (κ2) is 7.36. The first-order valence-corrected chi connectivity index (χ1v) is 11.0. The van der Waals surface area contributed by atoms with E-state index in [2.05, 4.69) is 15.9 Å². The number of fused-ring (bicyclic) bond motifs is 2. The first kappa shape index (κ1) is 19.5. The lowest BCUT2D eigenvalue weighted by atomic mass is 9.97. The Labute approximate surface area is 182 Å². The Kier molecular flexibility index (Phi) is 4.79. The fourth-order valence-electron chi connectivity index (χ4n) is 4.46. The van der Waals surface area contributed by atoms with Crippen molar-refractivity contribution in [3.05, 3.63) is 79.1 Å². The van der Waals surface area contributed by atoms with Crippen LogP contribution in [-0.2, 0) is 4.74 Å². The van der Waals surface area contributed by atoms with Gasteiger partial charge in [-0.3, -0.25) is 9.59 Å². The number of hydrogen-bond donors (Lipinski definition) is 0. The van der Waals surface area contributed by atoms with Crippen molar-refractivity contribution in [2.24, 2.45) is 0 Å². The molecule has 1 amide bonds. The molecule has 2 aromatic carbocycles. The monoisotopic (exact) mass is 467 g/mol. The van der Waals surface area contributed by atoms with Crippen molar-refractivity contribution >= 4 is 32.8 Å². The van der Waals surface area contributed by atoms with Crippen LogP contribution in [0.1, 0.15) is 51.7 Å². The highest BCUT2D eigenvalue weighted by Gasteiger charge is 2.43. The molecule has 0 N–H and O–H groups in total. The van der Waals surface area contributed by atoms with Crippen LogP contribution in [0.5, 0.6) is 0 Å². The Balaban J connectivity index is 1.72. The third-order valence-corrected chi connectivity index (χ3v) is 6.72. The average molecular weight is 468 g/mol. The minimum absolute atomic E-state index is 0.0183. The van der Waals surface area contributed by atoms with Crippen LogP contribution in [0, 0.1) is 13.8 Å². The molecule has 0 radical (unpaired) electrons. The number of nitrogens with zero attached hydrogens (tertiary/aromatic N) is 1. The first-order chi connectivity index (χ1) is 14.4. The summed E-state index contributed by atoms with van der Waals surface area (Å²) in [6, 6.07) is 11.0. The summed E-state index contributed by atoms with van der Waals surface area (Å²) in [6.45, 7) is 5.10. The van der Waals surface area contributed by atoms with Crippen LogP contribution in [-0.4, -0.2) is 30.1 Å². The number of carbonyl (C=O) groups excluding carboxylic acids is 1. The SMILES string of the molecule is Cc1cc2oc3c(c(=O)c2cc1C)[C@@H](c1ccc(Br)cc1)N(C[C@H]1CCCO1)C3=O. The van der Waals surface area contributed by atoms with Crippen molar-refractivity contribution in [2.45, 2.75) is 38.8 Å². The summed E-state index contributed by atoms with van der Waals surface area (Å²) in [4.78, 5) is 28.7. The van der Waals surface area contributed by atoms with E-state index >= 15 is 0 Å². The van der Waals surface area contributed by atoms with E-state index in [1.165, 1.54) is 0 Å². The van der Waals surface area contributed by atoms with Crippen molar-refractivity contribution in [3.8, 4) is 0 Å². The molecule has 3 heterocycles. The van der Waals surface area contributed by atoms with E-state index in [-0.39, 0.29) is 23.2 Å². The van der Waals surface area contributed by atoms with Gasteiger partial charge in [0.2, 0.25) is 5.76 Å². The maximum Gasteiger partial charge on any atom is 0.291 e. The van der Waals surface area contributed by atoms with Crippen LogP contribution < -0.4 is 5.43 Å². The standard InChI is InChI=1S/C24H22BrNO4/c1-13-10-18-19(11-14(13)2)30-23-20(22(18)27)21(15-5-7-16(25)8-6-15)26(24(23)28)12-17-4-3-9-29-17/h5-8,10-11,17,21H,3-4,9,12H2,1-2H3/t17-,21-/m1/s1. The number of aryl methyl sites for hydroxylation is 2. The van der Waals surface area contributed by atoms with Crippen molar-refractivity contribution in [1.29, 1.82) is 0 Å². The Morgan fingerprint density at radius 3 is 2.53 bits per heavy atom. The van der Waals surface area contributed by atoms with Gasteiger partial charge in [0, 0.05) is 17.6 Å². The van der Waals surface area contributed by atoms with Gasteiger partial charge in [-0.1, -0.05) is 28.1 Å². The quantitative estimate of drug-likeness (QED) is 0.549. The Morgan fingerprint density at radius 1 is 1.10 bits per heavy atom. The molecule has 5 nitrogen and oxygen atoms in total. The third kappa shape index (κ3) is 3.10. The fraction of sp³-hybridized carbons (Fsp3) is 0.333. The number of carbonyl (C=O) groups is 1. The molecule has 1 aromatic heterocycles. The van der Waals surface area contributed by atoms with E-state index in [1.54, 1.807) is 4.90 Å². The Morgan fingerprint density at radius 2 is 1.83 bits per heavy atom. The number of hydrogen-bond acceptors (Lipinski definition) is 4. The summed E-state index contributed by atoms with van der Waals surface area (Å²) < 4.78 is 12.8. The lowest BCUT2D eigenvalue weighted by Crippen LogP contribution is -2.36. The first-order valence-electron chi connectivity index (χ1n) is 10.2. The topological polar surface area (TPSA) is 59.8 Å². The number of rotatable bonds is 3. The van der Waals surface area contributed by atoms with Gasteiger partial charge in [-0.25, -0.2) is 0 Å². The lowest BCUT2D eigenvalue weighted by Gasteiger charge is -2.27. The molecule has 3 aromatic rings. The predicted molar refractivity (Wildman–Crippen MR) is 118 cm³/mol. The highest BCUT2D eigenvalue weighted by molar-refractivity contribution is 9.10. The van der Waals surface area contributed by atoms with E-state index in [9.17, 15) is 9.59 Å². The van der Waals surface area contributed by atoms with E-state index in [1.807, 2.05) is 50.2 Å². The summed E-state index contributed by atoms with van der Waals surface area (Å²) >= 11 is 3.46. The van der Waals surface area contributed by atoms with Gasteiger partial charge in [0.15, 0.2) is 5.43 Å². The molecule has 0 saturated carbocycles. The summed E-state index contributed by atoms with van der Waals surface area (Å²) in [5.74, 6) is -0.0904. The van der Waals surface area contributed by atoms with Crippen molar-refractivity contribution in [1.82, 2.24) is 4.90 Å². The molecule has 5 rings (SSSR count). The van der Waals surface area contributed by atoms with Crippen LogP contribution >= 0.6 is 15.9 Å². The second-order valence-electron chi connectivity index (χ2n) is 8.15. The van der Waals surface area contributed by atoms with E-state index in [0.717, 1.165) is 34.0 Å². The highest BCUT2D eigenvalue weighted by atomic mass is 79.9. The second-order valence-corrected chi connectivity index (χ2v) is 9.07. The van der Waals surface area contributed by atoms with Crippen LogP contribution in [0.3, 0.4) is 0 Å². The van der Waals surface area contributed by atoms with Gasteiger partial charge in [0.05, 0.1) is 23.1 Å². The smallest absolute Gasteiger partial charge is 0.291 e. The molecule has 0 aliphatic carbocycles. The van der Waals surface area contributed by atoms with Crippen LogP contribution in [0.25, 0.3) is 11.0 Å². The number of halogens is 1. The predicted octanol–water partition coefficient (Wildman–Crippen LogP) is 4.90. The van der Waals surface area contributed by atoms with Crippen molar-refractivity contribution < 1.29 is 13.9 Å². The zero-order valence-electron chi connectivity index (χ0n) is 16.9. The molecular formula is C24H22BrNO4. The number of benzene rings is 2. The van der Waals surface area contributed by atoms with Gasteiger partial charge in [0.25, 0.3) is 5.91 Å². The van der Waals surface area contributed by atoms with Crippen LogP contribution in [0.4, 0.5) is 0 Å². The largest absolute Gasteiger partial charge is 0.450 e. The maximum atomic E-state index is 13.6. The number of ether oxygens (including phenoxy) is 1. The van der Waals surface area contributed by atoms with Crippen LogP contribution in [0.2, 0.25) is 0 Å². The summed E-state index contributed by atoms with van der Waals surface area (Å²) in [7, 11) is 0. The van der Waals surface area contributed by atoms with Gasteiger partial charge >= 0.3 is 0 Å². The molecule has 30 heavy (non-hydrogen) atoms. The van der Waals surface area contributed by atoms with Gasteiger partial charge in [-0.2, -0.15) is 0 Å². The third-order valence-electron chi connectivity index (χ3n) is 6.19. The highest BCUT2D eigenvalue weighted by Crippen LogP contribution is 2.39. The Bertz CT molecular complexity index is 1210. The molecule has 0 unspecified atom stereocenters. The molecular weight excluding hydrogens is 446 g/mol. The minimum Gasteiger partial charge on any atom is -0.450 e. The molecule has 6 heteroatoms. The van der Waals surface area contributed by atoms with E-state index in [4.69, 9.17) is 9.15 Å². The summed E-state index contributed by atoms with van der Waals surface area (Å²) in [5, 5.41) is 0.519. The molecule has 2 aliphatic rings. The zero-order chi connectivity index (χ0) is 21.0. The maximum absolute atomic E-state index is 13.6. The average Bonchev–Trinajstić information content (AvgIpc) is 3.33. The van der Waals surface area contributed by atoms with E-state index in [0.29, 0.717) is 29.7 Å². The molecule has 154 valence electrons. The summed E-state index contributed by atoms with van der Waals surface area (Å²) in [5.41, 5.74) is 3.69. The molecule has 2 atom stereocenters. The van der Waals surface area contributed by atoms with Crippen molar-refractivity contribution in [2.75, 3.05) is 13.2 Å². The normalized spacial score (nSPS) is 20.9. The molecule has 2 aliphatic heterocycles. The molecule has 1 fully saturated rings. The lowest BCUT2D eigenvalue weighted by molar-refractivity contribution is 0.0486. The van der Waals surface area contributed by atoms with Crippen LogP contribution in [0.15, 0.2) is 50.1 Å². The number of amides is 1. The molecule has 1 saturated heterocycles. The van der Waals surface area contributed by atoms with Gasteiger partial charge in [0.1, 0.15) is 5.58 Å². The van der Waals surface area contributed by atoms with E-state index < -0.39 is 6.04 Å². The van der Waals surface area contributed by atoms with Gasteiger partial charge in [-0.15, -0.1) is 0 Å². The molecule has 0 spiro atoms. The zero-order valence-corrected chi connectivity index (χ0v) is 18.5. The molecule has 0 bridgehead atoms. The van der Waals surface area contributed by atoms with Gasteiger partial charge < -0.3 is 14.1 Å². The summed E-state index contributed by atoms with van der Waals surface area (Å²) in [6.07, 6.45) is 1.88. The minimum atomic E-state index is -0.480.